The maximum atomic E-state index is 13.3. The molecule has 1 aromatic carbocycles. The van der Waals surface area contributed by atoms with Gasteiger partial charge in [-0.1, -0.05) is 12.1 Å². The summed E-state index contributed by atoms with van der Waals surface area (Å²) in [6, 6.07) is 8.40. The topological polar surface area (TPSA) is 119 Å². The number of nitrogens with two attached hydrogens (primary N) is 1. The maximum Gasteiger partial charge on any atom is 0.303 e. The smallest absolute Gasteiger partial charge is 0.303 e. The monoisotopic (exact) mass is 478 g/mol. The molecule has 8 heteroatoms. The fraction of sp³-hybridized carbons (Fsp3) is 0.556. The molecule has 2 aromatic rings. The molecule has 0 bridgehead atoms. The van der Waals surface area contributed by atoms with E-state index in [4.69, 9.17) is 15.6 Å². The zero-order valence-electron chi connectivity index (χ0n) is 20.1. The molecule has 5 rings (SSSR count). The summed E-state index contributed by atoms with van der Waals surface area (Å²) < 4.78 is 5.63. The Morgan fingerprint density at radius 1 is 1.09 bits per heavy atom. The van der Waals surface area contributed by atoms with Crippen molar-refractivity contribution in [3.8, 4) is 5.88 Å². The van der Waals surface area contributed by atoms with Gasteiger partial charge >= 0.3 is 5.97 Å². The third-order valence-corrected chi connectivity index (χ3v) is 8.42. The summed E-state index contributed by atoms with van der Waals surface area (Å²) in [5.41, 5.74) is 8.82. The summed E-state index contributed by atoms with van der Waals surface area (Å²) in [5.74, 6) is 0.379. The highest BCUT2D eigenvalue weighted by atomic mass is 16.5. The predicted molar refractivity (Wildman–Crippen MR) is 133 cm³/mol. The Hall–Kier alpha value is -3.16. The first-order valence-corrected chi connectivity index (χ1v) is 12.8. The summed E-state index contributed by atoms with van der Waals surface area (Å²) in [6.45, 7) is 1.01. The Bertz CT molecular complexity index is 1070. The van der Waals surface area contributed by atoms with Crippen molar-refractivity contribution in [2.24, 2.45) is 11.3 Å². The van der Waals surface area contributed by atoms with E-state index in [1.54, 1.807) is 4.90 Å². The standard InChI is InChI=1S/C27H34N4O4/c28-24-23-25(30-17-29-24)35-15-1-14-31(26(23)34)21-4-2-19(3-5-21)20-8-12-27(13-9-20)10-6-18(7-11-27)16-22(32)33/h2-5,17-18,20H,1,6-16H2,(H,32,33)(H2,28,29,30). The Kier molecular flexibility index (Phi) is 6.62. The van der Waals surface area contributed by atoms with Crippen LogP contribution in [0.4, 0.5) is 11.5 Å². The first-order valence-electron chi connectivity index (χ1n) is 12.8. The molecular weight excluding hydrogens is 444 g/mol. The molecule has 186 valence electrons. The van der Waals surface area contributed by atoms with Crippen molar-refractivity contribution in [2.75, 3.05) is 23.8 Å². The number of carboxylic acid groups (broad SMARTS) is 1. The van der Waals surface area contributed by atoms with Crippen LogP contribution in [0.1, 0.15) is 86.0 Å². The molecule has 3 N–H and O–H groups in total. The molecule has 0 radical (unpaired) electrons. The lowest BCUT2D eigenvalue weighted by molar-refractivity contribution is -0.138. The number of hydrogen-bond donors (Lipinski definition) is 2. The van der Waals surface area contributed by atoms with Crippen molar-refractivity contribution in [3.63, 3.8) is 0 Å². The number of carbonyl (C=O) groups excluding carboxylic acids is 1. The van der Waals surface area contributed by atoms with Gasteiger partial charge in [0, 0.05) is 18.7 Å². The third-order valence-electron chi connectivity index (χ3n) is 8.42. The lowest BCUT2D eigenvalue weighted by Gasteiger charge is -2.45. The SMILES string of the molecule is Nc1ncnc2c1C(=O)N(c1ccc(C3CCC4(CCC(CC(=O)O)CC4)CC3)cc1)CCCO2. The maximum absolute atomic E-state index is 13.3. The molecular formula is C27H34N4O4. The molecule has 2 fully saturated rings. The van der Waals surface area contributed by atoms with Crippen LogP contribution in [0.5, 0.6) is 5.88 Å². The number of carbonyl (C=O) groups is 2. The summed E-state index contributed by atoms with van der Waals surface area (Å²) in [6.07, 6.45) is 11.6. The molecule has 0 atom stereocenters. The van der Waals surface area contributed by atoms with Crippen molar-refractivity contribution in [1.29, 1.82) is 0 Å². The molecule has 0 unspecified atom stereocenters. The van der Waals surface area contributed by atoms with Crippen LogP contribution in [0.25, 0.3) is 0 Å². The third kappa shape index (κ3) is 4.97. The molecule has 2 saturated carbocycles. The van der Waals surface area contributed by atoms with Crippen LogP contribution in [0.3, 0.4) is 0 Å². The first kappa shape index (κ1) is 23.6. The van der Waals surface area contributed by atoms with Crippen LogP contribution in [0, 0.1) is 11.3 Å². The molecule has 3 aliphatic rings. The highest BCUT2D eigenvalue weighted by Gasteiger charge is 2.39. The molecule has 1 amide bonds. The van der Waals surface area contributed by atoms with Crippen LogP contribution in [-0.4, -0.2) is 40.1 Å². The van der Waals surface area contributed by atoms with E-state index in [-0.39, 0.29) is 23.2 Å². The number of fused-ring (bicyclic) bond motifs is 1. The van der Waals surface area contributed by atoms with Crippen LogP contribution in [0.15, 0.2) is 30.6 Å². The zero-order chi connectivity index (χ0) is 24.4. The number of carboxylic acids is 1. The second kappa shape index (κ2) is 9.84. The number of anilines is 2. The number of aliphatic carboxylic acids is 1. The number of nitrogen functional groups attached to an aromatic ring is 1. The van der Waals surface area contributed by atoms with Gasteiger partial charge < -0.3 is 20.5 Å². The molecule has 2 heterocycles. The summed E-state index contributed by atoms with van der Waals surface area (Å²) >= 11 is 0. The number of benzene rings is 1. The van der Waals surface area contributed by atoms with Crippen LogP contribution in [-0.2, 0) is 4.79 Å². The highest BCUT2D eigenvalue weighted by molar-refractivity contribution is 6.10. The lowest BCUT2D eigenvalue weighted by Crippen LogP contribution is -2.35. The summed E-state index contributed by atoms with van der Waals surface area (Å²) in [4.78, 5) is 34.2. The van der Waals surface area contributed by atoms with E-state index in [2.05, 4.69) is 22.1 Å². The van der Waals surface area contributed by atoms with E-state index in [1.165, 1.54) is 50.4 Å². The summed E-state index contributed by atoms with van der Waals surface area (Å²) in [7, 11) is 0. The van der Waals surface area contributed by atoms with Gasteiger partial charge in [-0.15, -0.1) is 0 Å². The molecule has 1 spiro atoms. The molecule has 1 aliphatic heterocycles. The zero-order valence-corrected chi connectivity index (χ0v) is 20.1. The average molecular weight is 479 g/mol. The second-order valence-corrected chi connectivity index (χ2v) is 10.5. The van der Waals surface area contributed by atoms with Gasteiger partial charge in [0.25, 0.3) is 5.91 Å². The minimum Gasteiger partial charge on any atom is -0.481 e. The van der Waals surface area contributed by atoms with Crippen molar-refractivity contribution >= 4 is 23.4 Å². The number of aromatic nitrogens is 2. The van der Waals surface area contributed by atoms with Crippen molar-refractivity contribution in [1.82, 2.24) is 9.97 Å². The minimum atomic E-state index is -0.662. The molecule has 8 nitrogen and oxygen atoms in total. The van der Waals surface area contributed by atoms with Crippen LogP contribution >= 0.6 is 0 Å². The van der Waals surface area contributed by atoms with Crippen molar-refractivity contribution in [2.45, 2.75) is 70.1 Å². The fourth-order valence-electron chi connectivity index (χ4n) is 6.30. The Morgan fingerprint density at radius 2 is 1.77 bits per heavy atom. The average Bonchev–Trinajstić information content (AvgIpc) is 2.85. The van der Waals surface area contributed by atoms with Gasteiger partial charge in [-0.25, -0.2) is 9.97 Å². The number of hydrogen-bond acceptors (Lipinski definition) is 6. The van der Waals surface area contributed by atoms with Crippen LogP contribution < -0.4 is 15.4 Å². The largest absolute Gasteiger partial charge is 0.481 e. The number of amides is 1. The Morgan fingerprint density at radius 3 is 2.46 bits per heavy atom. The summed E-state index contributed by atoms with van der Waals surface area (Å²) in [5, 5.41) is 9.09. The minimum absolute atomic E-state index is 0.136. The van der Waals surface area contributed by atoms with Gasteiger partial charge in [-0.05, 0) is 92.7 Å². The normalized spacial score (nSPS) is 27.0. The molecule has 2 aliphatic carbocycles. The number of rotatable bonds is 4. The van der Waals surface area contributed by atoms with E-state index in [9.17, 15) is 9.59 Å². The molecule has 0 saturated heterocycles. The van der Waals surface area contributed by atoms with Crippen molar-refractivity contribution < 1.29 is 19.4 Å². The van der Waals surface area contributed by atoms with Gasteiger partial charge in [-0.2, -0.15) is 0 Å². The van der Waals surface area contributed by atoms with E-state index in [0.29, 0.717) is 43.2 Å². The molecule has 1 aromatic heterocycles. The van der Waals surface area contributed by atoms with E-state index in [0.717, 1.165) is 18.5 Å². The predicted octanol–water partition coefficient (Wildman–Crippen LogP) is 4.80. The Labute approximate surface area is 205 Å². The number of nitrogens with zero attached hydrogens (tertiary/aromatic N) is 3. The van der Waals surface area contributed by atoms with Gasteiger partial charge in [0.05, 0.1) is 6.61 Å². The van der Waals surface area contributed by atoms with Gasteiger partial charge in [-0.3, -0.25) is 9.59 Å². The quantitative estimate of drug-likeness (QED) is 0.648. The van der Waals surface area contributed by atoms with Gasteiger partial charge in [0.1, 0.15) is 17.7 Å². The highest BCUT2D eigenvalue weighted by Crippen LogP contribution is 2.52. The first-order chi connectivity index (χ1) is 16.9. The molecule has 35 heavy (non-hydrogen) atoms. The lowest BCUT2D eigenvalue weighted by atomic mass is 9.60. The van der Waals surface area contributed by atoms with Gasteiger partial charge in [0.2, 0.25) is 5.88 Å². The van der Waals surface area contributed by atoms with Gasteiger partial charge in [0.15, 0.2) is 0 Å². The second-order valence-electron chi connectivity index (χ2n) is 10.5. The fourth-order valence-corrected chi connectivity index (χ4v) is 6.30. The van der Waals surface area contributed by atoms with E-state index < -0.39 is 5.97 Å². The Balaban J connectivity index is 1.23. The van der Waals surface area contributed by atoms with E-state index in [1.807, 2.05) is 12.1 Å². The van der Waals surface area contributed by atoms with Crippen LogP contribution in [0.2, 0.25) is 0 Å². The van der Waals surface area contributed by atoms with E-state index >= 15 is 0 Å². The van der Waals surface area contributed by atoms with Crippen molar-refractivity contribution in [3.05, 3.63) is 41.7 Å². The number of ether oxygens (including phenoxy) is 1.